The van der Waals surface area contributed by atoms with Gasteiger partial charge in [-0.15, -0.1) is 0 Å². The smallest absolute Gasteiger partial charge is 0.337 e. The van der Waals surface area contributed by atoms with Gasteiger partial charge in [-0.2, -0.15) is 0 Å². The summed E-state index contributed by atoms with van der Waals surface area (Å²) in [4.78, 5) is 15.5. The van der Waals surface area contributed by atoms with Gasteiger partial charge >= 0.3 is 5.97 Å². The molecule has 0 bridgehead atoms. The van der Waals surface area contributed by atoms with Crippen molar-refractivity contribution in [1.29, 1.82) is 0 Å². The van der Waals surface area contributed by atoms with Gasteiger partial charge in [0.2, 0.25) is 0 Å². The second-order valence-electron chi connectivity index (χ2n) is 2.10. The average molecular weight is 160 g/mol. The van der Waals surface area contributed by atoms with Crippen molar-refractivity contribution < 1.29 is 14.4 Å². The Bertz CT molecular complexity index is 116. The lowest BCUT2D eigenvalue weighted by Gasteiger charge is -2.08. The molecule has 1 unspecified atom stereocenters. The molecule has 0 aromatic heterocycles. The van der Waals surface area contributed by atoms with Crippen LogP contribution in [-0.2, 0) is 14.4 Å². The first-order valence-electron chi connectivity index (χ1n) is 3.64. The van der Waals surface area contributed by atoms with Crippen molar-refractivity contribution in [3.8, 4) is 0 Å². The fraction of sp³-hybridized carbons (Fsp3) is 0.857. The first-order chi connectivity index (χ1) is 5.22. The molecule has 0 spiro atoms. The molecule has 4 nitrogen and oxygen atoms in total. The zero-order chi connectivity index (χ0) is 8.69. The van der Waals surface area contributed by atoms with Gasteiger partial charge in [-0.3, -0.25) is 4.84 Å². The summed E-state index contributed by atoms with van der Waals surface area (Å²) in [7, 11) is 1.48. The highest BCUT2D eigenvalue weighted by atomic mass is 16.7. The summed E-state index contributed by atoms with van der Waals surface area (Å²) >= 11 is 0. The molecule has 1 radical (unpaired) electrons. The Kier molecular flexibility index (Phi) is 5.78. The average Bonchev–Trinajstić information content (AvgIpc) is 2.00. The van der Waals surface area contributed by atoms with E-state index in [9.17, 15) is 4.79 Å². The number of hydrogen-bond acceptors (Lipinski definition) is 3. The van der Waals surface area contributed by atoms with Crippen molar-refractivity contribution >= 4 is 5.97 Å². The maximum absolute atomic E-state index is 10.9. The summed E-state index contributed by atoms with van der Waals surface area (Å²) in [6.45, 7) is 3.98. The molecule has 0 aliphatic heterocycles. The fourth-order valence-electron chi connectivity index (χ4n) is 0.521. The summed E-state index contributed by atoms with van der Waals surface area (Å²) in [6, 6.07) is 0. The van der Waals surface area contributed by atoms with Crippen molar-refractivity contribution in [3.05, 3.63) is 0 Å². The number of hydroxylamine groups is 1. The number of ether oxygens (including phenoxy) is 1. The molecule has 0 fully saturated rings. The SMILES string of the molecule is CCCOC(=O)C(C)O[N]C. The molecule has 0 aromatic carbocycles. The van der Waals surface area contributed by atoms with Crippen LogP contribution in [0.15, 0.2) is 0 Å². The van der Waals surface area contributed by atoms with Gasteiger partial charge < -0.3 is 4.74 Å². The zero-order valence-electron chi connectivity index (χ0n) is 7.16. The molecule has 1 atom stereocenters. The predicted octanol–water partition coefficient (Wildman–Crippen LogP) is 0.494. The molecule has 4 heteroatoms. The zero-order valence-corrected chi connectivity index (χ0v) is 7.16. The van der Waals surface area contributed by atoms with Crippen LogP contribution in [0.4, 0.5) is 0 Å². The van der Waals surface area contributed by atoms with Crippen molar-refractivity contribution in [2.75, 3.05) is 13.7 Å². The monoisotopic (exact) mass is 160 g/mol. The van der Waals surface area contributed by atoms with Gasteiger partial charge in [0.15, 0.2) is 6.10 Å². The largest absolute Gasteiger partial charge is 0.464 e. The van der Waals surface area contributed by atoms with Crippen molar-refractivity contribution in [2.24, 2.45) is 0 Å². The van der Waals surface area contributed by atoms with Crippen LogP contribution in [0.5, 0.6) is 0 Å². The summed E-state index contributed by atoms with van der Waals surface area (Å²) in [5.74, 6) is -0.363. The number of carbonyl (C=O) groups excluding carboxylic acids is 1. The third-order valence-corrected chi connectivity index (χ3v) is 1.04. The van der Waals surface area contributed by atoms with Crippen LogP contribution in [-0.4, -0.2) is 25.7 Å². The Hall–Kier alpha value is -0.610. The second kappa shape index (κ2) is 6.12. The summed E-state index contributed by atoms with van der Waals surface area (Å²) < 4.78 is 4.78. The van der Waals surface area contributed by atoms with E-state index in [0.717, 1.165) is 6.42 Å². The minimum Gasteiger partial charge on any atom is -0.464 e. The summed E-state index contributed by atoms with van der Waals surface area (Å²) in [5.41, 5.74) is 3.36. The molecule has 65 valence electrons. The van der Waals surface area contributed by atoms with Crippen LogP contribution in [0.25, 0.3) is 0 Å². The van der Waals surface area contributed by atoms with E-state index in [2.05, 4.69) is 10.3 Å². The van der Waals surface area contributed by atoms with Crippen LogP contribution in [0.1, 0.15) is 20.3 Å². The molecule has 0 rings (SSSR count). The Morgan fingerprint density at radius 3 is 2.73 bits per heavy atom. The van der Waals surface area contributed by atoms with Crippen LogP contribution in [0.2, 0.25) is 0 Å². The van der Waals surface area contributed by atoms with E-state index in [1.165, 1.54) is 7.05 Å². The Morgan fingerprint density at radius 2 is 2.27 bits per heavy atom. The number of rotatable bonds is 5. The molecule has 11 heavy (non-hydrogen) atoms. The minimum absolute atomic E-state index is 0.363. The van der Waals surface area contributed by atoms with Gasteiger partial charge in [-0.1, -0.05) is 12.4 Å². The van der Waals surface area contributed by atoms with Crippen LogP contribution >= 0.6 is 0 Å². The van der Waals surface area contributed by atoms with Crippen LogP contribution in [0, 0.1) is 0 Å². The lowest BCUT2D eigenvalue weighted by Crippen LogP contribution is -2.25. The molecular formula is C7H14NO3. The first kappa shape index (κ1) is 10.4. The van der Waals surface area contributed by atoms with E-state index in [-0.39, 0.29) is 5.97 Å². The van der Waals surface area contributed by atoms with E-state index in [1.807, 2.05) is 6.92 Å². The van der Waals surface area contributed by atoms with Gasteiger partial charge in [0, 0.05) is 7.05 Å². The highest BCUT2D eigenvalue weighted by Crippen LogP contribution is 1.93. The van der Waals surface area contributed by atoms with Gasteiger partial charge in [-0.25, -0.2) is 4.79 Å². The lowest BCUT2D eigenvalue weighted by molar-refractivity contribution is -0.160. The van der Waals surface area contributed by atoms with E-state index in [1.54, 1.807) is 6.92 Å². The third-order valence-electron chi connectivity index (χ3n) is 1.04. The highest BCUT2D eigenvalue weighted by Gasteiger charge is 2.14. The quantitative estimate of drug-likeness (QED) is 0.434. The maximum atomic E-state index is 10.9. The summed E-state index contributed by atoms with van der Waals surface area (Å²) in [6.07, 6.45) is 0.230. The normalized spacial score (nSPS) is 12.6. The highest BCUT2D eigenvalue weighted by molar-refractivity contribution is 5.74. The number of hydrogen-bond donors (Lipinski definition) is 0. The van der Waals surface area contributed by atoms with Gasteiger partial charge in [-0.05, 0) is 13.3 Å². The van der Waals surface area contributed by atoms with Crippen molar-refractivity contribution in [1.82, 2.24) is 5.48 Å². The molecule has 0 aliphatic carbocycles. The van der Waals surface area contributed by atoms with E-state index >= 15 is 0 Å². The van der Waals surface area contributed by atoms with Gasteiger partial charge in [0.1, 0.15) is 0 Å². The van der Waals surface area contributed by atoms with Gasteiger partial charge in [0.05, 0.1) is 6.61 Å². The maximum Gasteiger partial charge on any atom is 0.337 e. The number of nitrogens with zero attached hydrogens (tertiary/aromatic N) is 1. The lowest BCUT2D eigenvalue weighted by atomic mass is 10.4. The minimum atomic E-state index is -0.591. The topological polar surface area (TPSA) is 49.6 Å². The second-order valence-corrected chi connectivity index (χ2v) is 2.10. The number of esters is 1. The molecule has 0 aromatic rings. The van der Waals surface area contributed by atoms with Crippen molar-refractivity contribution in [2.45, 2.75) is 26.4 Å². The van der Waals surface area contributed by atoms with Crippen molar-refractivity contribution in [3.63, 3.8) is 0 Å². The molecule has 0 amide bonds. The molecule has 0 N–H and O–H groups in total. The fourth-order valence-corrected chi connectivity index (χ4v) is 0.521. The molecule has 0 heterocycles. The Labute approximate surface area is 66.8 Å². The van der Waals surface area contributed by atoms with E-state index in [0.29, 0.717) is 6.61 Å². The molecule has 0 aliphatic rings. The predicted molar refractivity (Wildman–Crippen MR) is 39.9 cm³/mol. The first-order valence-corrected chi connectivity index (χ1v) is 3.64. The van der Waals surface area contributed by atoms with Crippen LogP contribution < -0.4 is 5.48 Å². The van der Waals surface area contributed by atoms with Gasteiger partial charge in [0.25, 0.3) is 0 Å². The van der Waals surface area contributed by atoms with Crippen LogP contribution in [0.3, 0.4) is 0 Å². The molecule has 0 saturated heterocycles. The standard InChI is InChI=1S/C7H14NO3/c1-4-5-10-7(9)6(2)11-8-3/h6H,4-5H2,1-3H3. The van der Waals surface area contributed by atoms with E-state index < -0.39 is 6.10 Å². The van der Waals surface area contributed by atoms with E-state index in [4.69, 9.17) is 4.74 Å². The Balaban J connectivity index is 3.47. The third kappa shape index (κ3) is 4.75. The molecule has 0 saturated carbocycles. The summed E-state index contributed by atoms with van der Waals surface area (Å²) in [5, 5.41) is 0. The number of carbonyl (C=O) groups is 1. The molecular weight excluding hydrogens is 146 g/mol. The Morgan fingerprint density at radius 1 is 1.64 bits per heavy atom.